The first kappa shape index (κ1) is 19.2. The van der Waals surface area contributed by atoms with Crippen molar-refractivity contribution in [2.75, 3.05) is 32.8 Å². The van der Waals surface area contributed by atoms with Gasteiger partial charge < -0.3 is 19.5 Å². The first-order chi connectivity index (χ1) is 14.2. The van der Waals surface area contributed by atoms with Gasteiger partial charge in [-0.2, -0.15) is 0 Å². The number of likely N-dealkylation sites (tertiary alicyclic amines) is 1. The van der Waals surface area contributed by atoms with Crippen LogP contribution < -0.4 is 4.74 Å². The van der Waals surface area contributed by atoms with E-state index >= 15 is 0 Å². The average molecular weight is 395 g/mol. The van der Waals surface area contributed by atoms with Gasteiger partial charge in [0.1, 0.15) is 5.75 Å². The largest absolute Gasteiger partial charge is 0.492 e. The van der Waals surface area contributed by atoms with E-state index in [0.29, 0.717) is 31.5 Å². The van der Waals surface area contributed by atoms with E-state index in [9.17, 15) is 4.79 Å². The Morgan fingerprint density at radius 1 is 1.14 bits per heavy atom. The molecule has 7 heteroatoms. The Bertz CT molecular complexity index is 857. The van der Waals surface area contributed by atoms with Gasteiger partial charge in [0.15, 0.2) is 0 Å². The third-order valence-corrected chi connectivity index (χ3v) is 5.33. The van der Waals surface area contributed by atoms with Gasteiger partial charge in [0.2, 0.25) is 5.90 Å². The minimum absolute atomic E-state index is 0.378. The fourth-order valence-corrected chi connectivity index (χ4v) is 3.56. The minimum Gasteiger partial charge on any atom is -0.492 e. The second-order valence-electron chi connectivity index (χ2n) is 7.37. The number of pyridine rings is 1. The summed E-state index contributed by atoms with van der Waals surface area (Å²) in [6.45, 7) is 3.29. The fraction of sp³-hybridized carbons (Fsp3) is 0.409. The van der Waals surface area contributed by atoms with Crippen molar-refractivity contribution in [3.8, 4) is 17.0 Å². The standard InChI is InChI=1S/C22H25N3O4/c26-22(27)25-11-8-16(9-12-25)15-29-19-6-7-20(24-14-19)17-2-4-18(5-3-17)21-23-10-1-13-28-21/h2-7,14,16H,1,8-13,15H2,(H,26,27). The number of nitrogens with zero attached hydrogens (tertiary/aromatic N) is 3. The molecule has 0 aliphatic carbocycles. The van der Waals surface area contributed by atoms with Gasteiger partial charge in [-0.3, -0.25) is 9.98 Å². The van der Waals surface area contributed by atoms with Crippen molar-refractivity contribution in [1.82, 2.24) is 9.88 Å². The van der Waals surface area contributed by atoms with E-state index in [1.54, 1.807) is 6.20 Å². The Morgan fingerprint density at radius 2 is 1.90 bits per heavy atom. The van der Waals surface area contributed by atoms with Gasteiger partial charge in [-0.25, -0.2) is 4.79 Å². The molecular weight excluding hydrogens is 370 g/mol. The lowest BCUT2D eigenvalue weighted by molar-refractivity contribution is 0.111. The molecule has 0 atom stereocenters. The summed E-state index contributed by atoms with van der Waals surface area (Å²) in [5, 5.41) is 9.01. The monoisotopic (exact) mass is 395 g/mol. The van der Waals surface area contributed by atoms with E-state index in [0.717, 1.165) is 55.0 Å². The number of hydrogen-bond donors (Lipinski definition) is 1. The predicted octanol–water partition coefficient (Wildman–Crippen LogP) is 3.68. The van der Waals surface area contributed by atoms with E-state index in [2.05, 4.69) is 9.98 Å². The zero-order valence-corrected chi connectivity index (χ0v) is 16.3. The summed E-state index contributed by atoms with van der Waals surface area (Å²) in [5.41, 5.74) is 2.89. The highest BCUT2D eigenvalue weighted by Crippen LogP contribution is 2.23. The summed E-state index contributed by atoms with van der Waals surface area (Å²) >= 11 is 0. The van der Waals surface area contributed by atoms with Crippen LogP contribution in [0.25, 0.3) is 11.3 Å². The van der Waals surface area contributed by atoms with Crippen LogP contribution in [-0.2, 0) is 4.74 Å². The number of amides is 1. The van der Waals surface area contributed by atoms with E-state index in [1.807, 2.05) is 36.4 Å². The second-order valence-corrected chi connectivity index (χ2v) is 7.37. The Balaban J connectivity index is 1.31. The van der Waals surface area contributed by atoms with Crippen molar-refractivity contribution in [1.29, 1.82) is 0 Å². The first-order valence-electron chi connectivity index (χ1n) is 10.0. The number of carbonyl (C=O) groups is 1. The molecule has 0 unspecified atom stereocenters. The van der Waals surface area contributed by atoms with Crippen molar-refractivity contribution in [2.45, 2.75) is 19.3 Å². The van der Waals surface area contributed by atoms with Gasteiger partial charge in [-0.15, -0.1) is 0 Å². The van der Waals surface area contributed by atoms with Crippen LogP contribution in [-0.4, -0.2) is 59.8 Å². The second kappa shape index (κ2) is 8.94. The highest BCUT2D eigenvalue weighted by molar-refractivity contribution is 5.94. The molecule has 1 amide bonds. The molecule has 1 N–H and O–H groups in total. The fourth-order valence-electron chi connectivity index (χ4n) is 3.56. The lowest BCUT2D eigenvalue weighted by Crippen LogP contribution is -2.38. The van der Waals surface area contributed by atoms with Crippen LogP contribution in [0.2, 0.25) is 0 Å². The summed E-state index contributed by atoms with van der Waals surface area (Å²) in [5.74, 6) is 1.83. The van der Waals surface area contributed by atoms with E-state index in [1.165, 1.54) is 4.90 Å². The molecule has 0 radical (unpaired) electrons. The zero-order valence-electron chi connectivity index (χ0n) is 16.3. The number of benzene rings is 1. The van der Waals surface area contributed by atoms with E-state index < -0.39 is 6.09 Å². The third kappa shape index (κ3) is 4.85. The van der Waals surface area contributed by atoms with Crippen LogP contribution in [0.4, 0.5) is 4.79 Å². The van der Waals surface area contributed by atoms with Crippen LogP contribution in [0.5, 0.6) is 5.75 Å². The number of rotatable bonds is 5. The van der Waals surface area contributed by atoms with Crippen LogP contribution in [0.15, 0.2) is 47.6 Å². The highest BCUT2D eigenvalue weighted by atomic mass is 16.5. The maximum atomic E-state index is 11.0. The molecule has 0 spiro atoms. The first-order valence-corrected chi connectivity index (χ1v) is 10.0. The molecule has 2 aromatic rings. The molecule has 1 saturated heterocycles. The number of hydrogen-bond acceptors (Lipinski definition) is 5. The molecule has 0 saturated carbocycles. The van der Waals surface area contributed by atoms with Crippen LogP contribution in [0, 0.1) is 5.92 Å². The van der Waals surface area contributed by atoms with Gasteiger partial charge in [0.05, 0.1) is 25.1 Å². The maximum Gasteiger partial charge on any atom is 0.407 e. The molecule has 152 valence electrons. The molecule has 7 nitrogen and oxygen atoms in total. The predicted molar refractivity (Wildman–Crippen MR) is 109 cm³/mol. The van der Waals surface area contributed by atoms with Crippen LogP contribution in [0.3, 0.4) is 0 Å². The normalized spacial score (nSPS) is 17.4. The lowest BCUT2D eigenvalue weighted by Gasteiger charge is -2.29. The molecule has 1 aromatic carbocycles. The summed E-state index contributed by atoms with van der Waals surface area (Å²) in [6.07, 6.45) is 3.54. The van der Waals surface area contributed by atoms with Crippen molar-refractivity contribution in [3.05, 3.63) is 48.2 Å². The molecule has 0 bridgehead atoms. The summed E-state index contributed by atoms with van der Waals surface area (Å²) in [6, 6.07) is 11.9. The summed E-state index contributed by atoms with van der Waals surface area (Å²) < 4.78 is 11.5. The maximum absolute atomic E-state index is 11.0. The molecule has 1 aromatic heterocycles. The molecule has 1 fully saturated rings. The minimum atomic E-state index is -0.837. The molecule has 2 aliphatic rings. The zero-order chi connectivity index (χ0) is 20.1. The number of ether oxygens (including phenoxy) is 2. The van der Waals surface area contributed by atoms with Crippen LogP contribution >= 0.6 is 0 Å². The topological polar surface area (TPSA) is 84.2 Å². The van der Waals surface area contributed by atoms with E-state index in [-0.39, 0.29) is 0 Å². The van der Waals surface area contributed by atoms with Crippen molar-refractivity contribution in [2.24, 2.45) is 10.9 Å². The van der Waals surface area contributed by atoms with Gasteiger partial charge >= 0.3 is 6.09 Å². The third-order valence-electron chi connectivity index (χ3n) is 5.33. The summed E-state index contributed by atoms with van der Waals surface area (Å²) in [4.78, 5) is 21.4. The number of piperidine rings is 1. The SMILES string of the molecule is O=C(O)N1CCC(COc2ccc(-c3ccc(C4=NCCCO4)cc3)nc2)CC1. The molecule has 29 heavy (non-hydrogen) atoms. The van der Waals surface area contributed by atoms with Crippen molar-refractivity contribution in [3.63, 3.8) is 0 Å². The van der Waals surface area contributed by atoms with Gasteiger partial charge in [0, 0.05) is 37.2 Å². The molecule has 4 rings (SSSR count). The molecular formula is C22H25N3O4. The number of carboxylic acid groups (broad SMARTS) is 1. The van der Waals surface area contributed by atoms with Crippen molar-refractivity contribution < 1.29 is 19.4 Å². The van der Waals surface area contributed by atoms with E-state index in [4.69, 9.17) is 14.6 Å². The Labute approximate surface area is 170 Å². The average Bonchev–Trinajstić information content (AvgIpc) is 2.79. The molecule has 3 heterocycles. The quantitative estimate of drug-likeness (QED) is 0.835. The van der Waals surface area contributed by atoms with Crippen LogP contribution in [0.1, 0.15) is 24.8 Å². The molecule has 2 aliphatic heterocycles. The lowest BCUT2D eigenvalue weighted by atomic mass is 9.98. The highest BCUT2D eigenvalue weighted by Gasteiger charge is 2.22. The smallest absolute Gasteiger partial charge is 0.407 e. The van der Waals surface area contributed by atoms with Gasteiger partial charge in [-0.05, 0) is 43.0 Å². The Morgan fingerprint density at radius 3 is 2.52 bits per heavy atom. The van der Waals surface area contributed by atoms with Gasteiger partial charge in [0.25, 0.3) is 0 Å². The Kier molecular flexibility index (Phi) is 5.93. The Hall–Kier alpha value is -3.09. The summed E-state index contributed by atoms with van der Waals surface area (Å²) in [7, 11) is 0. The van der Waals surface area contributed by atoms with Gasteiger partial charge in [-0.1, -0.05) is 12.1 Å². The number of aromatic nitrogens is 1. The number of aliphatic imine (C=N–C) groups is 1. The van der Waals surface area contributed by atoms with Crippen molar-refractivity contribution >= 4 is 12.0 Å².